The Morgan fingerprint density at radius 1 is 0.781 bits per heavy atom. The Morgan fingerprint density at radius 3 is 1.97 bits per heavy atom. The number of nitrogens with one attached hydrogen (secondary N) is 1. The quantitative estimate of drug-likeness (QED) is 0.518. The van der Waals surface area contributed by atoms with Crippen molar-refractivity contribution in [3.8, 4) is 23.0 Å². The first-order chi connectivity index (χ1) is 15.4. The third-order valence-electron chi connectivity index (χ3n) is 4.60. The number of pyridine rings is 1. The lowest BCUT2D eigenvalue weighted by Crippen LogP contribution is -2.16. The normalized spacial score (nSPS) is 11.2. The number of sulfonamides is 1. The molecule has 3 aromatic rings. The van der Waals surface area contributed by atoms with Crippen LogP contribution in [0.15, 0.2) is 59.8 Å². The van der Waals surface area contributed by atoms with Crippen molar-refractivity contribution < 1.29 is 27.4 Å². The second-order valence-electron chi connectivity index (χ2n) is 6.53. The highest BCUT2D eigenvalue weighted by Crippen LogP contribution is 2.39. The molecule has 0 atom stereocenters. The van der Waals surface area contributed by atoms with Crippen molar-refractivity contribution in [1.29, 1.82) is 0 Å². The summed E-state index contributed by atoms with van der Waals surface area (Å²) in [5.41, 5.74) is 1.88. The largest absolute Gasteiger partial charge is 0.497 e. The summed E-state index contributed by atoms with van der Waals surface area (Å²) >= 11 is 0. The van der Waals surface area contributed by atoms with E-state index in [1.54, 1.807) is 43.8 Å². The van der Waals surface area contributed by atoms with Crippen LogP contribution in [0.5, 0.6) is 23.0 Å². The van der Waals surface area contributed by atoms with E-state index >= 15 is 0 Å². The second kappa shape index (κ2) is 10.1. The summed E-state index contributed by atoms with van der Waals surface area (Å²) in [6.45, 7) is 0. The molecule has 168 valence electrons. The SMILES string of the molecule is COc1ccc(NS(=O)(=O)c2c(OC)cc(OC)cc2OC)c(C=Cc2ccncc2)c1. The molecule has 0 aliphatic heterocycles. The van der Waals surface area contributed by atoms with Gasteiger partial charge in [0.2, 0.25) is 0 Å². The monoisotopic (exact) mass is 456 g/mol. The van der Waals surface area contributed by atoms with Gasteiger partial charge in [0.1, 0.15) is 23.0 Å². The first kappa shape index (κ1) is 23.0. The smallest absolute Gasteiger partial charge is 0.269 e. The van der Waals surface area contributed by atoms with Crippen molar-refractivity contribution in [1.82, 2.24) is 4.98 Å². The Kier molecular flexibility index (Phi) is 7.21. The van der Waals surface area contributed by atoms with Crippen molar-refractivity contribution in [3.63, 3.8) is 0 Å². The molecular weight excluding hydrogens is 432 g/mol. The van der Waals surface area contributed by atoms with Crippen LogP contribution in [-0.2, 0) is 10.0 Å². The van der Waals surface area contributed by atoms with Gasteiger partial charge in [-0.1, -0.05) is 12.2 Å². The Bertz CT molecular complexity index is 1190. The van der Waals surface area contributed by atoms with Gasteiger partial charge in [0.05, 0.1) is 34.1 Å². The molecular formula is C23H24N2O6S. The van der Waals surface area contributed by atoms with E-state index in [0.717, 1.165) is 5.56 Å². The van der Waals surface area contributed by atoms with E-state index < -0.39 is 10.0 Å². The minimum atomic E-state index is -4.09. The van der Waals surface area contributed by atoms with Crippen LogP contribution in [0.1, 0.15) is 11.1 Å². The average molecular weight is 457 g/mol. The van der Waals surface area contributed by atoms with Gasteiger partial charge in [-0.05, 0) is 35.9 Å². The first-order valence-corrected chi connectivity index (χ1v) is 11.0. The van der Waals surface area contributed by atoms with Crippen LogP contribution in [0.4, 0.5) is 5.69 Å². The van der Waals surface area contributed by atoms with Gasteiger partial charge in [-0.2, -0.15) is 0 Å². The van der Waals surface area contributed by atoms with Crippen LogP contribution < -0.4 is 23.7 Å². The maximum atomic E-state index is 13.4. The average Bonchev–Trinajstić information content (AvgIpc) is 2.82. The van der Waals surface area contributed by atoms with Gasteiger partial charge >= 0.3 is 0 Å². The summed E-state index contributed by atoms with van der Waals surface area (Å²) in [6, 6.07) is 11.7. The Hall–Kier alpha value is -3.72. The molecule has 0 aliphatic rings. The van der Waals surface area contributed by atoms with E-state index in [9.17, 15) is 8.42 Å². The maximum absolute atomic E-state index is 13.4. The third-order valence-corrected chi connectivity index (χ3v) is 6.03. The fraction of sp³-hybridized carbons (Fsp3) is 0.174. The van der Waals surface area contributed by atoms with Gasteiger partial charge in [0.15, 0.2) is 4.90 Å². The summed E-state index contributed by atoms with van der Waals surface area (Å²) in [7, 11) is 1.68. The minimum absolute atomic E-state index is 0.0936. The molecule has 0 spiro atoms. The van der Waals surface area contributed by atoms with Crippen LogP contribution in [0.2, 0.25) is 0 Å². The van der Waals surface area contributed by atoms with Crippen LogP contribution >= 0.6 is 0 Å². The van der Waals surface area contributed by atoms with E-state index in [-0.39, 0.29) is 16.4 Å². The van der Waals surface area contributed by atoms with E-state index in [1.807, 2.05) is 18.2 Å². The second-order valence-corrected chi connectivity index (χ2v) is 8.15. The molecule has 0 radical (unpaired) electrons. The Labute approximate surface area is 187 Å². The fourth-order valence-electron chi connectivity index (χ4n) is 2.99. The van der Waals surface area contributed by atoms with Gasteiger partial charge < -0.3 is 18.9 Å². The lowest BCUT2D eigenvalue weighted by molar-refractivity contribution is 0.359. The molecule has 0 fully saturated rings. The van der Waals surface area contributed by atoms with Crippen molar-refractivity contribution in [3.05, 3.63) is 66.0 Å². The summed E-state index contributed by atoms with van der Waals surface area (Å²) in [4.78, 5) is 3.86. The third kappa shape index (κ3) is 5.12. The first-order valence-electron chi connectivity index (χ1n) is 9.50. The lowest BCUT2D eigenvalue weighted by atomic mass is 10.1. The molecule has 1 heterocycles. The zero-order valence-electron chi connectivity index (χ0n) is 18.2. The Morgan fingerprint density at radius 2 is 1.41 bits per heavy atom. The molecule has 1 aromatic heterocycles. The molecule has 0 saturated heterocycles. The molecule has 0 amide bonds. The van der Waals surface area contributed by atoms with Crippen molar-refractivity contribution in [2.45, 2.75) is 4.90 Å². The van der Waals surface area contributed by atoms with E-state index in [2.05, 4.69) is 9.71 Å². The molecule has 0 bridgehead atoms. The number of nitrogens with zero attached hydrogens (tertiary/aromatic N) is 1. The molecule has 1 N–H and O–H groups in total. The molecule has 0 aliphatic carbocycles. The van der Waals surface area contributed by atoms with Gasteiger partial charge in [-0.3, -0.25) is 9.71 Å². The zero-order valence-corrected chi connectivity index (χ0v) is 19.0. The predicted molar refractivity (Wildman–Crippen MR) is 123 cm³/mol. The summed E-state index contributed by atoms with van der Waals surface area (Å²) in [5, 5.41) is 0. The topological polar surface area (TPSA) is 96.0 Å². The predicted octanol–water partition coefficient (Wildman–Crippen LogP) is 4.09. The van der Waals surface area contributed by atoms with Gasteiger partial charge in [0, 0.05) is 30.1 Å². The number of methoxy groups -OCH3 is 4. The van der Waals surface area contributed by atoms with E-state index in [0.29, 0.717) is 22.7 Å². The summed E-state index contributed by atoms with van der Waals surface area (Å²) in [6.07, 6.45) is 7.00. The molecule has 0 saturated carbocycles. The van der Waals surface area contributed by atoms with Crippen molar-refractivity contribution in [2.24, 2.45) is 0 Å². The number of benzene rings is 2. The number of anilines is 1. The number of rotatable bonds is 9. The maximum Gasteiger partial charge on any atom is 0.269 e. The standard InChI is InChI=1S/C23H24N2O6S/c1-28-18-7-8-20(17(13-18)6-5-16-9-11-24-12-10-16)25-32(26,27)23-21(30-3)14-19(29-2)15-22(23)31-4/h5-15,25H,1-4H3. The van der Waals surface area contributed by atoms with Crippen molar-refractivity contribution in [2.75, 3.05) is 33.2 Å². The van der Waals surface area contributed by atoms with Crippen molar-refractivity contribution >= 4 is 27.9 Å². The minimum Gasteiger partial charge on any atom is -0.497 e. The summed E-state index contributed by atoms with van der Waals surface area (Å²) < 4.78 is 50.5. The molecule has 32 heavy (non-hydrogen) atoms. The highest BCUT2D eigenvalue weighted by atomic mass is 32.2. The number of aromatic nitrogens is 1. The van der Waals surface area contributed by atoms with E-state index in [1.165, 1.54) is 33.5 Å². The number of ether oxygens (including phenoxy) is 4. The fourth-order valence-corrected chi connectivity index (χ4v) is 4.39. The highest BCUT2D eigenvalue weighted by molar-refractivity contribution is 7.93. The van der Waals surface area contributed by atoms with Gasteiger partial charge in [0.25, 0.3) is 10.0 Å². The van der Waals surface area contributed by atoms with Gasteiger partial charge in [-0.15, -0.1) is 0 Å². The van der Waals surface area contributed by atoms with Crippen LogP contribution in [0, 0.1) is 0 Å². The van der Waals surface area contributed by atoms with Crippen LogP contribution in [0.25, 0.3) is 12.2 Å². The van der Waals surface area contributed by atoms with Gasteiger partial charge in [-0.25, -0.2) is 8.42 Å². The summed E-state index contributed by atoms with van der Waals surface area (Å²) in [5.74, 6) is 1.18. The zero-order chi connectivity index (χ0) is 23.1. The molecule has 0 unspecified atom stereocenters. The van der Waals surface area contributed by atoms with E-state index in [4.69, 9.17) is 18.9 Å². The molecule has 9 heteroatoms. The molecule has 8 nitrogen and oxygen atoms in total. The number of hydrogen-bond acceptors (Lipinski definition) is 7. The Balaban J connectivity index is 2.06. The molecule has 3 rings (SSSR count). The molecule has 2 aromatic carbocycles. The highest BCUT2D eigenvalue weighted by Gasteiger charge is 2.27. The van der Waals surface area contributed by atoms with Crippen LogP contribution in [0.3, 0.4) is 0 Å². The number of hydrogen-bond donors (Lipinski definition) is 1. The van der Waals surface area contributed by atoms with Crippen LogP contribution in [-0.4, -0.2) is 41.8 Å². The lowest BCUT2D eigenvalue weighted by Gasteiger charge is -2.17.